The summed E-state index contributed by atoms with van der Waals surface area (Å²) >= 11 is 0. The number of ether oxygens (including phenoxy) is 3. The van der Waals surface area contributed by atoms with Crippen LogP contribution in [0.3, 0.4) is 0 Å². The zero-order valence-corrected chi connectivity index (χ0v) is 17.5. The van der Waals surface area contributed by atoms with Gasteiger partial charge in [-0.25, -0.2) is 4.57 Å². The van der Waals surface area contributed by atoms with Crippen LogP contribution in [-0.2, 0) is 46.0 Å². The van der Waals surface area contributed by atoms with Crippen LogP contribution in [0.25, 0.3) is 0 Å². The lowest BCUT2D eigenvalue weighted by molar-refractivity contribution is -0.133. The van der Waals surface area contributed by atoms with Gasteiger partial charge in [-0.15, -0.1) is 0 Å². The van der Waals surface area contributed by atoms with Crippen molar-refractivity contribution in [3.8, 4) is 0 Å². The first-order valence-electron chi connectivity index (χ1n) is 8.94. The molecule has 158 valence electrons. The van der Waals surface area contributed by atoms with Crippen molar-refractivity contribution in [2.75, 3.05) is 79.3 Å². The summed E-state index contributed by atoms with van der Waals surface area (Å²) in [4.78, 5) is 0. The smallest absolute Gasteiger partial charge is 0.381 e. The minimum Gasteiger partial charge on any atom is -0.381 e. The second-order valence-corrected chi connectivity index (χ2v) is 11.1. The Balaban J connectivity index is 1.36. The SMILES string of the molecule is CCOCC1(COCCOCC23COP(=O)(OC2)OC3)COP(C)(=O)OC1. The van der Waals surface area contributed by atoms with Gasteiger partial charge in [0, 0.05) is 13.3 Å². The van der Waals surface area contributed by atoms with Crippen LogP contribution >= 0.6 is 15.4 Å². The molecule has 4 aliphatic heterocycles. The number of hydrogen-bond acceptors (Lipinski definition) is 10. The number of hydrogen-bond donors (Lipinski definition) is 0. The molecule has 4 rings (SSSR count). The molecule has 2 bridgehead atoms. The Labute approximate surface area is 159 Å². The van der Waals surface area contributed by atoms with Crippen molar-refractivity contribution in [2.45, 2.75) is 6.92 Å². The molecule has 27 heavy (non-hydrogen) atoms. The van der Waals surface area contributed by atoms with E-state index in [-0.39, 0.29) is 13.2 Å². The molecule has 0 aromatic heterocycles. The zero-order valence-electron chi connectivity index (χ0n) is 15.8. The van der Waals surface area contributed by atoms with Crippen LogP contribution in [0, 0.1) is 10.8 Å². The van der Waals surface area contributed by atoms with Crippen molar-refractivity contribution in [1.82, 2.24) is 0 Å². The topological polar surface area (TPSA) is 108 Å². The number of rotatable bonds is 10. The second kappa shape index (κ2) is 8.88. The molecule has 4 saturated heterocycles. The lowest BCUT2D eigenvalue weighted by atomic mass is 9.92. The first-order valence-corrected chi connectivity index (χ1v) is 12.4. The van der Waals surface area contributed by atoms with E-state index in [2.05, 4.69) is 0 Å². The highest BCUT2D eigenvalue weighted by Gasteiger charge is 2.50. The van der Waals surface area contributed by atoms with Gasteiger partial charge in [-0.1, -0.05) is 0 Å². The van der Waals surface area contributed by atoms with Gasteiger partial charge in [0.2, 0.25) is 0 Å². The molecule has 0 aromatic rings. The van der Waals surface area contributed by atoms with Crippen LogP contribution in [0.5, 0.6) is 0 Å². The highest BCUT2D eigenvalue weighted by molar-refractivity contribution is 7.53. The summed E-state index contributed by atoms with van der Waals surface area (Å²) < 4.78 is 66.6. The molecule has 4 fully saturated rings. The van der Waals surface area contributed by atoms with Crippen LogP contribution in [-0.4, -0.2) is 79.3 Å². The molecular formula is C15H28O10P2. The van der Waals surface area contributed by atoms with Gasteiger partial charge < -0.3 is 23.3 Å². The fourth-order valence-electron chi connectivity index (χ4n) is 2.82. The summed E-state index contributed by atoms with van der Waals surface area (Å²) in [7, 11) is -6.27. The Hall–Kier alpha value is 0.140. The lowest BCUT2D eigenvalue weighted by Crippen LogP contribution is -2.48. The first-order chi connectivity index (χ1) is 12.8. The summed E-state index contributed by atoms with van der Waals surface area (Å²) in [5.41, 5.74) is -0.905. The Morgan fingerprint density at radius 3 is 1.85 bits per heavy atom. The summed E-state index contributed by atoms with van der Waals surface area (Å²) in [6.45, 7) is 7.21. The Bertz CT molecular complexity index is 554. The van der Waals surface area contributed by atoms with Crippen molar-refractivity contribution in [1.29, 1.82) is 0 Å². The van der Waals surface area contributed by atoms with Crippen molar-refractivity contribution in [2.24, 2.45) is 10.8 Å². The van der Waals surface area contributed by atoms with Crippen molar-refractivity contribution < 1.29 is 46.0 Å². The molecular weight excluding hydrogens is 402 g/mol. The summed E-state index contributed by atoms with van der Waals surface area (Å²) in [5, 5.41) is 0. The fraction of sp³-hybridized carbons (Fsp3) is 1.00. The predicted molar refractivity (Wildman–Crippen MR) is 93.9 cm³/mol. The van der Waals surface area contributed by atoms with Crippen molar-refractivity contribution in [3.05, 3.63) is 0 Å². The summed E-state index contributed by atoms with van der Waals surface area (Å²) in [6, 6.07) is 0. The summed E-state index contributed by atoms with van der Waals surface area (Å²) in [6.07, 6.45) is 0. The molecule has 0 aromatic carbocycles. The number of phosphoric acid groups is 1. The maximum atomic E-state index is 11.8. The van der Waals surface area contributed by atoms with Gasteiger partial charge in [0.15, 0.2) is 0 Å². The van der Waals surface area contributed by atoms with E-state index in [1.807, 2.05) is 6.92 Å². The van der Waals surface area contributed by atoms with Crippen LogP contribution in [0.4, 0.5) is 0 Å². The predicted octanol–water partition coefficient (Wildman–Crippen LogP) is 2.08. The van der Waals surface area contributed by atoms with E-state index in [9.17, 15) is 9.13 Å². The van der Waals surface area contributed by atoms with E-state index in [1.165, 1.54) is 6.66 Å². The van der Waals surface area contributed by atoms with Gasteiger partial charge in [-0.2, -0.15) is 0 Å². The molecule has 0 unspecified atom stereocenters. The minimum atomic E-state index is -3.30. The third kappa shape index (κ3) is 5.82. The molecule has 10 nitrogen and oxygen atoms in total. The van der Waals surface area contributed by atoms with E-state index in [0.29, 0.717) is 59.5 Å². The number of fused-ring (bicyclic) bond motifs is 3. The molecule has 0 radical (unpaired) electrons. The maximum absolute atomic E-state index is 11.8. The third-order valence-corrected chi connectivity index (χ3v) is 7.13. The lowest BCUT2D eigenvalue weighted by Gasteiger charge is -2.43. The first kappa shape index (κ1) is 21.8. The molecule has 0 atom stereocenters. The van der Waals surface area contributed by atoms with Gasteiger partial charge in [0.1, 0.15) is 0 Å². The second-order valence-electron chi connectivity index (χ2n) is 7.33. The quantitative estimate of drug-likeness (QED) is 0.378. The average Bonchev–Trinajstić information content (AvgIpc) is 2.66. The molecule has 4 aliphatic rings. The van der Waals surface area contributed by atoms with Crippen LogP contribution < -0.4 is 0 Å². The molecule has 0 amide bonds. The molecule has 0 aliphatic carbocycles. The van der Waals surface area contributed by atoms with Gasteiger partial charge in [-0.05, 0) is 6.92 Å². The Kier molecular flexibility index (Phi) is 7.18. The van der Waals surface area contributed by atoms with Crippen molar-refractivity contribution >= 4 is 15.4 Å². The molecule has 0 N–H and O–H groups in total. The molecule has 12 heteroatoms. The third-order valence-electron chi connectivity index (χ3n) is 4.60. The van der Waals surface area contributed by atoms with Crippen LogP contribution in [0.15, 0.2) is 0 Å². The van der Waals surface area contributed by atoms with E-state index >= 15 is 0 Å². The monoisotopic (exact) mass is 430 g/mol. The van der Waals surface area contributed by atoms with E-state index in [1.54, 1.807) is 0 Å². The van der Waals surface area contributed by atoms with Gasteiger partial charge in [-0.3, -0.25) is 18.1 Å². The molecule has 0 saturated carbocycles. The average molecular weight is 430 g/mol. The van der Waals surface area contributed by atoms with Gasteiger partial charge >= 0.3 is 15.4 Å². The largest absolute Gasteiger partial charge is 0.474 e. The van der Waals surface area contributed by atoms with Crippen molar-refractivity contribution in [3.63, 3.8) is 0 Å². The van der Waals surface area contributed by atoms with E-state index < -0.39 is 26.2 Å². The zero-order chi connectivity index (χ0) is 19.4. The van der Waals surface area contributed by atoms with Crippen LogP contribution in [0.1, 0.15) is 6.92 Å². The molecule has 4 heterocycles. The standard InChI is InChI=1S/C15H28O10P2/c1-3-18-6-14(9-21-26(2,16)22-10-14)7-19-4-5-20-8-15-11-23-27(17,24-12-15)25-13-15/h3-13H2,1-2H3. The number of phosphoric ester groups is 1. The Morgan fingerprint density at radius 2 is 1.30 bits per heavy atom. The Morgan fingerprint density at radius 1 is 0.778 bits per heavy atom. The summed E-state index contributed by atoms with van der Waals surface area (Å²) in [5.74, 6) is 0. The van der Waals surface area contributed by atoms with Crippen LogP contribution in [0.2, 0.25) is 0 Å². The fourth-order valence-corrected chi connectivity index (χ4v) is 5.43. The van der Waals surface area contributed by atoms with Gasteiger partial charge in [0.05, 0.1) is 76.9 Å². The van der Waals surface area contributed by atoms with Gasteiger partial charge in [0.25, 0.3) is 0 Å². The molecule has 0 spiro atoms. The van der Waals surface area contributed by atoms with E-state index in [4.69, 9.17) is 36.8 Å². The highest BCUT2D eigenvalue weighted by Crippen LogP contribution is 2.60. The maximum Gasteiger partial charge on any atom is 0.474 e. The highest BCUT2D eigenvalue weighted by atomic mass is 31.2. The normalized spacial score (nSPS) is 41.7. The van der Waals surface area contributed by atoms with E-state index in [0.717, 1.165) is 0 Å². The minimum absolute atomic E-state index is 0.261.